The van der Waals surface area contributed by atoms with Gasteiger partial charge in [-0.25, -0.2) is 4.79 Å². The normalized spacial score (nSPS) is 11.9. The third-order valence-electron chi connectivity index (χ3n) is 4.26. The Morgan fingerprint density at radius 3 is 2.59 bits per heavy atom. The summed E-state index contributed by atoms with van der Waals surface area (Å²) in [5.74, 6) is -1.12. The molecule has 1 atom stereocenters. The van der Waals surface area contributed by atoms with Crippen molar-refractivity contribution in [2.24, 2.45) is 0 Å². The van der Waals surface area contributed by atoms with Gasteiger partial charge in [-0.15, -0.1) is 0 Å². The molecule has 2 aromatic rings. The number of non-ortho nitro benzene ring substituents is 1. The van der Waals surface area contributed by atoms with Crippen molar-refractivity contribution in [3.63, 3.8) is 0 Å². The second kappa shape index (κ2) is 8.59. The van der Waals surface area contributed by atoms with E-state index < -0.39 is 17.5 Å². The molecule has 8 nitrogen and oxygen atoms in total. The highest BCUT2D eigenvalue weighted by atomic mass is 16.6. The summed E-state index contributed by atoms with van der Waals surface area (Å²) in [6.07, 6.45) is 0. The van der Waals surface area contributed by atoms with Crippen LogP contribution in [0.2, 0.25) is 0 Å². The van der Waals surface area contributed by atoms with Crippen molar-refractivity contribution in [2.75, 3.05) is 20.3 Å². The van der Waals surface area contributed by atoms with Gasteiger partial charge in [-0.3, -0.25) is 14.9 Å². The van der Waals surface area contributed by atoms with Gasteiger partial charge >= 0.3 is 5.97 Å². The minimum Gasteiger partial charge on any atom is -0.454 e. The predicted molar refractivity (Wildman–Crippen MR) is 98.2 cm³/mol. The second-order valence-corrected chi connectivity index (χ2v) is 6.27. The van der Waals surface area contributed by atoms with Gasteiger partial charge < -0.3 is 14.0 Å². The molecular formula is C19H22N2O6. The number of aryl methyl sites for hydroxylation is 1. The Kier molecular flexibility index (Phi) is 6.46. The fourth-order valence-corrected chi connectivity index (χ4v) is 3.09. The van der Waals surface area contributed by atoms with Crippen LogP contribution in [-0.4, -0.2) is 41.6 Å². The first kappa shape index (κ1) is 20.3. The zero-order chi connectivity index (χ0) is 20.1. The van der Waals surface area contributed by atoms with Crippen molar-refractivity contribution >= 4 is 17.4 Å². The summed E-state index contributed by atoms with van der Waals surface area (Å²) < 4.78 is 12.2. The van der Waals surface area contributed by atoms with Crippen molar-refractivity contribution in [1.82, 2.24) is 4.57 Å². The summed E-state index contributed by atoms with van der Waals surface area (Å²) >= 11 is 0. The van der Waals surface area contributed by atoms with Crippen LogP contribution in [0.15, 0.2) is 30.3 Å². The van der Waals surface area contributed by atoms with Gasteiger partial charge in [-0.05, 0) is 32.9 Å². The summed E-state index contributed by atoms with van der Waals surface area (Å²) in [5.41, 5.74) is 1.96. The Balaban J connectivity index is 2.10. The number of Topliss-reactive ketones (excluding diaryl/α,β-unsaturated/α-hetero) is 1. The average molecular weight is 374 g/mol. The number of ether oxygens (including phenoxy) is 2. The van der Waals surface area contributed by atoms with E-state index >= 15 is 0 Å². The fraction of sp³-hybridized carbons (Fsp3) is 0.368. The van der Waals surface area contributed by atoms with E-state index in [2.05, 4.69) is 0 Å². The molecule has 8 heteroatoms. The lowest BCUT2D eigenvalue weighted by molar-refractivity contribution is -0.384. The van der Waals surface area contributed by atoms with Crippen LogP contribution < -0.4 is 0 Å². The number of nitrogens with zero attached hydrogens (tertiary/aromatic N) is 2. The van der Waals surface area contributed by atoms with Crippen LogP contribution in [0.25, 0.3) is 0 Å². The molecule has 0 fully saturated rings. The van der Waals surface area contributed by atoms with Crippen LogP contribution in [0.3, 0.4) is 0 Å². The molecule has 0 aliphatic carbocycles. The first-order valence-electron chi connectivity index (χ1n) is 8.38. The maximum atomic E-state index is 12.5. The number of hydrogen-bond donors (Lipinski definition) is 0. The van der Waals surface area contributed by atoms with E-state index in [1.165, 1.54) is 18.2 Å². The Morgan fingerprint density at radius 1 is 1.26 bits per heavy atom. The lowest BCUT2D eigenvalue weighted by Crippen LogP contribution is -2.17. The number of benzene rings is 1. The molecule has 0 aliphatic heterocycles. The summed E-state index contributed by atoms with van der Waals surface area (Å²) in [5, 5.41) is 10.8. The van der Waals surface area contributed by atoms with Gasteiger partial charge in [0.1, 0.15) is 0 Å². The molecule has 0 bridgehead atoms. The maximum absolute atomic E-state index is 12.5. The standard InChI is InChI=1S/C19H22N2O6/c1-12-8-17(14(3)20(12)13(2)10-26-4)18(22)11-27-19(23)15-6-5-7-16(9-15)21(24)25/h5-9,13H,10-11H2,1-4H3/t13-/m1/s1. The number of nitro benzene ring substituents is 1. The van der Waals surface area contributed by atoms with Gasteiger partial charge in [0.05, 0.1) is 23.1 Å². The second-order valence-electron chi connectivity index (χ2n) is 6.27. The molecule has 0 radical (unpaired) electrons. The number of methoxy groups -OCH3 is 1. The number of ketones is 1. The smallest absolute Gasteiger partial charge is 0.338 e. The first-order chi connectivity index (χ1) is 12.8. The van der Waals surface area contributed by atoms with Gasteiger partial charge in [0.2, 0.25) is 5.78 Å². The molecule has 1 aromatic carbocycles. The van der Waals surface area contributed by atoms with E-state index in [0.717, 1.165) is 17.5 Å². The number of hydrogen-bond acceptors (Lipinski definition) is 6. The highest BCUT2D eigenvalue weighted by molar-refractivity contribution is 6.00. The molecular weight excluding hydrogens is 352 g/mol. The van der Waals surface area contributed by atoms with Crippen molar-refractivity contribution in [1.29, 1.82) is 0 Å². The average Bonchev–Trinajstić information content (AvgIpc) is 2.94. The summed E-state index contributed by atoms with van der Waals surface area (Å²) in [6, 6.07) is 7.00. The number of carbonyl (C=O) groups excluding carboxylic acids is 2. The van der Waals surface area contributed by atoms with Gasteiger partial charge in [0.15, 0.2) is 6.61 Å². The summed E-state index contributed by atoms with van der Waals surface area (Å²) in [6.45, 7) is 5.77. The SMILES string of the molecule is COC[C@@H](C)n1c(C)cc(C(=O)COC(=O)c2cccc([N+](=O)[O-])c2)c1C. The third kappa shape index (κ3) is 4.59. The maximum Gasteiger partial charge on any atom is 0.338 e. The van der Waals surface area contributed by atoms with Crippen LogP contribution in [0.4, 0.5) is 5.69 Å². The van der Waals surface area contributed by atoms with Crippen LogP contribution >= 0.6 is 0 Å². The molecule has 0 spiro atoms. The molecule has 0 N–H and O–H groups in total. The molecule has 1 aromatic heterocycles. The highest BCUT2D eigenvalue weighted by Crippen LogP contribution is 2.21. The van der Waals surface area contributed by atoms with Gasteiger partial charge in [0, 0.05) is 36.2 Å². The zero-order valence-corrected chi connectivity index (χ0v) is 15.7. The van der Waals surface area contributed by atoms with Crippen molar-refractivity contribution in [3.8, 4) is 0 Å². The van der Waals surface area contributed by atoms with E-state index in [-0.39, 0.29) is 23.1 Å². The molecule has 1 heterocycles. The van der Waals surface area contributed by atoms with Crippen molar-refractivity contribution in [2.45, 2.75) is 26.8 Å². The van der Waals surface area contributed by atoms with E-state index in [1.807, 2.05) is 25.3 Å². The molecule has 0 saturated carbocycles. The predicted octanol–water partition coefficient (Wildman–Crippen LogP) is 3.26. The number of rotatable bonds is 8. The van der Waals surface area contributed by atoms with E-state index in [1.54, 1.807) is 13.2 Å². The van der Waals surface area contributed by atoms with Gasteiger partial charge in [0.25, 0.3) is 5.69 Å². The molecule has 0 saturated heterocycles. The zero-order valence-electron chi connectivity index (χ0n) is 15.7. The highest BCUT2D eigenvalue weighted by Gasteiger charge is 2.20. The van der Waals surface area contributed by atoms with E-state index in [9.17, 15) is 19.7 Å². The summed E-state index contributed by atoms with van der Waals surface area (Å²) in [4.78, 5) is 34.8. The molecule has 27 heavy (non-hydrogen) atoms. The Labute approximate surface area is 156 Å². The number of esters is 1. The molecule has 0 aliphatic rings. The Hall–Kier alpha value is -3.00. The monoisotopic (exact) mass is 374 g/mol. The van der Waals surface area contributed by atoms with E-state index in [0.29, 0.717) is 12.2 Å². The largest absolute Gasteiger partial charge is 0.454 e. The molecule has 2 rings (SSSR count). The molecule has 144 valence electrons. The Bertz CT molecular complexity index is 871. The van der Waals surface area contributed by atoms with Crippen LogP contribution in [0.1, 0.15) is 45.1 Å². The van der Waals surface area contributed by atoms with Crippen molar-refractivity contribution in [3.05, 3.63) is 63.0 Å². The quantitative estimate of drug-likeness (QED) is 0.304. The van der Waals surface area contributed by atoms with Crippen LogP contribution in [0, 0.1) is 24.0 Å². The van der Waals surface area contributed by atoms with Crippen LogP contribution in [0.5, 0.6) is 0 Å². The number of carbonyl (C=O) groups is 2. The first-order valence-corrected chi connectivity index (χ1v) is 8.38. The third-order valence-corrected chi connectivity index (χ3v) is 4.26. The van der Waals surface area contributed by atoms with Crippen molar-refractivity contribution < 1.29 is 24.0 Å². The lowest BCUT2D eigenvalue weighted by atomic mass is 10.1. The van der Waals surface area contributed by atoms with Gasteiger partial charge in [-0.1, -0.05) is 6.07 Å². The Morgan fingerprint density at radius 2 is 1.96 bits per heavy atom. The molecule has 0 unspecified atom stereocenters. The topological polar surface area (TPSA) is 101 Å². The van der Waals surface area contributed by atoms with Crippen LogP contribution in [-0.2, 0) is 9.47 Å². The van der Waals surface area contributed by atoms with Gasteiger partial charge in [-0.2, -0.15) is 0 Å². The summed E-state index contributed by atoms with van der Waals surface area (Å²) in [7, 11) is 1.62. The molecule has 0 amide bonds. The lowest BCUT2D eigenvalue weighted by Gasteiger charge is -2.17. The fourth-order valence-electron chi connectivity index (χ4n) is 3.09. The number of nitro groups is 1. The van der Waals surface area contributed by atoms with E-state index in [4.69, 9.17) is 9.47 Å². The number of aromatic nitrogens is 1. The minimum absolute atomic E-state index is 0.0242. The minimum atomic E-state index is -0.784.